The standard InChI is InChI=1S/C13H16FN3/c1-9-4-10(6-12(14)5-9)13(15-2)11-7-16-17(3)8-11/h4-8,13,15H,1-3H3. The van der Waals surface area contributed by atoms with E-state index in [2.05, 4.69) is 10.4 Å². The normalized spacial score (nSPS) is 12.7. The van der Waals surface area contributed by atoms with Gasteiger partial charge in [-0.3, -0.25) is 4.68 Å². The van der Waals surface area contributed by atoms with E-state index in [0.29, 0.717) is 0 Å². The van der Waals surface area contributed by atoms with Gasteiger partial charge in [-0.1, -0.05) is 6.07 Å². The maximum Gasteiger partial charge on any atom is 0.123 e. The molecule has 0 aliphatic heterocycles. The molecule has 1 heterocycles. The zero-order valence-electron chi connectivity index (χ0n) is 10.2. The molecule has 3 nitrogen and oxygen atoms in total. The first kappa shape index (κ1) is 11.8. The molecule has 0 saturated carbocycles. The highest BCUT2D eigenvalue weighted by atomic mass is 19.1. The van der Waals surface area contributed by atoms with Crippen LogP contribution in [-0.4, -0.2) is 16.8 Å². The summed E-state index contributed by atoms with van der Waals surface area (Å²) in [7, 11) is 3.73. The van der Waals surface area contributed by atoms with Crippen molar-refractivity contribution in [3.05, 3.63) is 53.1 Å². The topological polar surface area (TPSA) is 29.9 Å². The largest absolute Gasteiger partial charge is 0.309 e. The summed E-state index contributed by atoms with van der Waals surface area (Å²) in [5.74, 6) is -0.204. The highest BCUT2D eigenvalue weighted by Crippen LogP contribution is 2.22. The molecule has 0 saturated heterocycles. The number of benzene rings is 1. The highest BCUT2D eigenvalue weighted by molar-refractivity contribution is 5.32. The van der Waals surface area contributed by atoms with Gasteiger partial charge in [0.15, 0.2) is 0 Å². The summed E-state index contributed by atoms with van der Waals surface area (Å²) in [6, 6.07) is 5.04. The number of rotatable bonds is 3. The quantitative estimate of drug-likeness (QED) is 0.880. The molecule has 90 valence electrons. The second kappa shape index (κ2) is 4.67. The van der Waals surface area contributed by atoms with E-state index in [1.807, 2.05) is 33.3 Å². The van der Waals surface area contributed by atoms with Gasteiger partial charge in [0, 0.05) is 18.8 Å². The first-order chi connectivity index (χ1) is 8.10. The lowest BCUT2D eigenvalue weighted by Crippen LogP contribution is -2.17. The van der Waals surface area contributed by atoms with Crippen molar-refractivity contribution >= 4 is 0 Å². The lowest BCUT2D eigenvalue weighted by Gasteiger charge is -2.15. The van der Waals surface area contributed by atoms with E-state index in [1.54, 1.807) is 16.9 Å². The Bertz CT molecular complexity index is 499. The van der Waals surface area contributed by atoms with Crippen LogP contribution < -0.4 is 5.32 Å². The minimum absolute atomic E-state index is 0.0295. The molecule has 1 aromatic heterocycles. The Balaban J connectivity index is 2.41. The van der Waals surface area contributed by atoms with E-state index in [0.717, 1.165) is 16.7 Å². The molecule has 0 radical (unpaired) electrons. The van der Waals surface area contributed by atoms with Crippen molar-refractivity contribution in [2.75, 3.05) is 7.05 Å². The number of nitrogens with zero attached hydrogens (tertiary/aromatic N) is 2. The van der Waals surface area contributed by atoms with Gasteiger partial charge in [-0.05, 0) is 37.2 Å². The Hall–Kier alpha value is -1.68. The van der Waals surface area contributed by atoms with Gasteiger partial charge in [-0.2, -0.15) is 5.10 Å². The fourth-order valence-electron chi connectivity index (χ4n) is 2.05. The summed E-state index contributed by atoms with van der Waals surface area (Å²) in [4.78, 5) is 0. The van der Waals surface area contributed by atoms with E-state index in [-0.39, 0.29) is 11.9 Å². The third kappa shape index (κ3) is 2.53. The number of hydrogen-bond acceptors (Lipinski definition) is 2. The van der Waals surface area contributed by atoms with Crippen LogP contribution in [0.2, 0.25) is 0 Å². The van der Waals surface area contributed by atoms with Gasteiger partial charge >= 0.3 is 0 Å². The average molecular weight is 233 g/mol. The molecule has 4 heteroatoms. The minimum atomic E-state index is -0.204. The first-order valence-electron chi connectivity index (χ1n) is 5.53. The van der Waals surface area contributed by atoms with Crippen molar-refractivity contribution in [1.29, 1.82) is 0 Å². The predicted molar refractivity (Wildman–Crippen MR) is 65.2 cm³/mol. The van der Waals surface area contributed by atoms with Gasteiger partial charge in [0.25, 0.3) is 0 Å². The number of aryl methyl sites for hydroxylation is 2. The van der Waals surface area contributed by atoms with Gasteiger partial charge in [0.1, 0.15) is 5.82 Å². The highest BCUT2D eigenvalue weighted by Gasteiger charge is 2.14. The fraction of sp³-hybridized carbons (Fsp3) is 0.308. The SMILES string of the molecule is CNC(c1cc(C)cc(F)c1)c1cnn(C)c1. The van der Waals surface area contributed by atoms with E-state index in [1.165, 1.54) is 6.07 Å². The Labute approximate surface area is 100 Å². The van der Waals surface area contributed by atoms with Crippen LogP contribution in [0.25, 0.3) is 0 Å². The molecule has 0 amide bonds. The molecule has 0 bridgehead atoms. The number of nitrogens with one attached hydrogen (secondary N) is 1. The van der Waals surface area contributed by atoms with Gasteiger partial charge in [0.2, 0.25) is 0 Å². The van der Waals surface area contributed by atoms with Crippen LogP contribution >= 0.6 is 0 Å². The molecular weight excluding hydrogens is 217 g/mol. The van der Waals surface area contributed by atoms with Gasteiger partial charge in [0.05, 0.1) is 12.2 Å². The second-order valence-corrected chi connectivity index (χ2v) is 4.23. The van der Waals surface area contributed by atoms with Crippen molar-refractivity contribution in [2.45, 2.75) is 13.0 Å². The maximum atomic E-state index is 13.4. The molecule has 0 aliphatic carbocycles. The Kier molecular flexibility index (Phi) is 3.24. The van der Waals surface area contributed by atoms with Crippen molar-refractivity contribution in [3.8, 4) is 0 Å². The predicted octanol–water partition coefficient (Wildman–Crippen LogP) is 2.18. The van der Waals surface area contributed by atoms with E-state index < -0.39 is 0 Å². The van der Waals surface area contributed by atoms with Crippen LogP contribution in [-0.2, 0) is 7.05 Å². The summed E-state index contributed by atoms with van der Waals surface area (Å²) in [6.45, 7) is 1.89. The molecule has 0 fully saturated rings. The van der Waals surface area contributed by atoms with Crippen LogP contribution in [0.4, 0.5) is 4.39 Å². The zero-order chi connectivity index (χ0) is 12.4. The summed E-state index contributed by atoms with van der Waals surface area (Å²) in [5, 5.41) is 7.32. The smallest absolute Gasteiger partial charge is 0.123 e. The molecule has 1 N–H and O–H groups in total. The Morgan fingerprint density at radius 3 is 2.59 bits per heavy atom. The van der Waals surface area contributed by atoms with E-state index in [4.69, 9.17) is 0 Å². The lowest BCUT2D eigenvalue weighted by atomic mass is 10.00. The number of halogens is 1. The van der Waals surface area contributed by atoms with Crippen LogP contribution in [0, 0.1) is 12.7 Å². The maximum absolute atomic E-state index is 13.4. The molecule has 2 rings (SSSR count). The van der Waals surface area contributed by atoms with Crippen LogP contribution in [0.3, 0.4) is 0 Å². The molecule has 0 spiro atoms. The van der Waals surface area contributed by atoms with Crippen molar-refractivity contribution < 1.29 is 4.39 Å². The summed E-state index contributed by atoms with van der Waals surface area (Å²) in [6.07, 6.45) is 3.73. The zero-order valence-corrected chi connectivity index (χ0v) is 10.2. The van der Waals surface area contributed by atoms with Crippen LogP contribution in [0.5, 0.6) is 0 Å². The van der Waals surface area contributed by atoms with Crippen LogP contribution in [0.15, 0.2) is 30.6 Å². The summed E-state index contributed by atoms with van der Waals surface area (Å²) in [5.41, 5.74) is 2.86. The van der Waals surface area contributed by atoms with E-state index in [9.17, 15) is 4.39 Å². The molecule has 1 unspecified atom stereocenters. The number of aromatic nitrogens is 2. The summed E-state index contributed by atoms with van der Waals surface area (Å²) < 4.78 is 15.1. The summed E-state index contributed by atoms with van der Waals surface area (Å²) >= 11 is 0. The lowest BCUT2D eigenvalue weighted by molar-refractivity contribution is 0.615. The van der Waals surface area contributed by atoms with Gasteiger partial charge in [-0.15, -0.1) is 0 Å². The van der Waals surface area contributed by atoms with Gasteiger partial charge < -0.3 is 5.32 Å². The fourth-order valence-corrected chi connectivity index (χ4v) is 2.05. The van der Waals surface area contributed by atoms with Crippen molar-refractivity contribution in [1.82, 2.24) is 15.1 Å². The molecule has 2 aromatic rings. The third-order valence-corrected chi connectivity index (χ3v) is 2.74. The number of hydrogen-bond donors (Lipinski definition) is 1. The van der Waals surface area contributed by atoms with Crippen molar-refractivity contribution in [3.63, 3.8) is 0 Å². The minimum Gasteiger partial charge on any atom is -0.309 e. The Morgan fingerprint density at radius 2 is 2.06 bits per heavy atom. The average Bonchev–Trinajstić information content (AvgIpc) is 2.64. The molecule has 1 aromatic carbocycles. The molecule has 17 heavy (non-hydrogen) atoms. The van der Waals surface area contributed by atoms with Crippen molar-refractivity contribution in [2.24, 2.45) is 7.05 Å². The third-order valence-electron chi connectivity index (χ3n) is 2.74. The molecular formula is C13H16FN3. The second-order valence-electron chi connectivity index (χ2n) is 4.23. The molecule has 1 atom stereocenters. The first-order valence-corrected chi connectivity index (χ1v) is 5.53. The van der Waals surface area contributed by atoms with E-state index >= 15 is 0 Å². The molecule has 0 aliphatic rings. The van der Waals surface area contributed by atoms with Crippen LogP contribution in [0.1, 0.15) is 22.7 Å². The monoisotopic (exact) mass is 233 g/mol. The Morgan fingerprint density at radius 1 is 1.29 bits per heavy atom. The van der Waals surface area contributed by atoms with Gasteiger partial charge in [-0.25, -0.2) is 4.39 Å².